The third-order valence-corrected chi connectivity index (χ3v) is 5.63. The van der Waals surface area contributed by atoms with E-state index in [9.17, 15) is 9.59 Å². The summed E-state index contributed by atoms with van der Waals surface area (Å²) in [5.41, 5.74) is 4.63. The van der Waals surface area contributed by atoms with Crippen molar-refractivity contribution in [3.05, 3.63) is 52.8 Å². The van der Waals surface area contributed by atoms with Gasteiger partial charge in [0.25, 0.3) is 0 Å². The molecule has 0 spiro atoms. The highest BCUT2D eigenvalue weighted by molar-refractivity contribution is 5.84. The van der Waals surface area contributed by atoms with Crippen molar-refractivity contribution in [2.45, 2.75) is 38.5 Å². The first-order chi connectivity index (χ1) is 13.0. The van der Waals surface area contributed by atoms with Gasteiger partial charge in [0.1, 0.15) is 0 Å². The van der Waals surface area contributed by atoms with Crippen LogP contribution in [0.5, 0.6) is 0 Å². The average Bonchev–Trinajstić information content (AvgIpc) is 3.30. The van der Waals surface area contributed by atoms with Crippen molar-refractivity contribution in [3.63, 3.8) is 0 Å². The fourth-order valence-corrected chi connectivity index (χ4v) is 4.14. The van der Waals surface area contributed by atoms with Crippen LogP contribution in [-0.2, 0) is 36.3 Å². The van der Waals surface area contributed by atoms with E-state index in [0.29, 0.717) is 19.4 Å². The summed E-state index contributed by atoms with van der Waals surface area (Å²) >= 11 is 0. The Bertz CT molecular complexity index is 875. The van der Waals surface area contributed by atoms with Crippen molar-refractivity contribution in [2.24, 2.45) is 13.0 Å². The van der Waals surface area contributed by atoms with E-state index in [4.69, 9.17) is 0 Å². The minimum atomic E-state index is -0.274. The molecule has 2 aliphatic heterocycles. The second-order valence-corrected chi connectivity index (χ2v) is 7.47. The number of carbonyl (C=O) groups is 2. The Morgan fingerprint density at radius 2 is 2.11 bits per heavy atom. The predicted octanol–water partition coefficient (Wildman–Crippen LogP) is 1.25. The lowest BCUT2D eigenvalue weighted by Crippen LogP contribution is -2.46. The van der Waals surface area contributed by atoms with Gasteiger partial charge >= 0.3 is 0 Å². The lowest BCUT2D eigenvalue weighted by atomic mass is 9.85. The number of nitrogens with one attached hydrogen (secondary N) is 2. The number of hydrogen-bond donors (Lipinski definition) is 2. The zero-order valence-electron chi connectivity index (χ0n) is 15.7. The van der Waals surface area contributed by atoms with Gasteiger partial charge in [-0.1, -0.05) is 18.2 Å². The molecule has 3 heterocycles. The lowest BCUT2D eigenvalue weighted by Gasteiger charge is -2.37. The van der Waals surface area contributed by atoms with Crippen LogP contribution in [0.4, 0.5) is 0 Å². The van der Waals surface area contributed by atoms with Gasteiger partial charge in [0.05, 0.1) is 18.2 Å². The lowest BCUT2D eigenvalue weighted by molar-refractivity contribution is -0.141. The summed E-state index contributed by atoms with van der Waals surface area (Å²) in [6, 6.07) is 6.08. The Morgan fingerprint density at radius 3 is 2.89 bits per heavy atom. The van der Waals surface area contributed by atoms with Crippen LogP contribution in [0.15, 0.2) is 30.6 Å². The maximum Gasteiger partial charge on any atom is 0.225 e. The number of piperidine rings is 1. The summed E-state index contributed by atoms with van der Waals surface area (Å²) in [5.74, 6) is -0.214. The monoisotopic (exact) mass is 367 g/mol. The number of aromatic nitrogens is 2. The molecule has 0 bridgehead atoms. The van der Waals surface area contributed by atoms with Gasteiger partial charge in [0, 0.05) is 51.9 Å². The van der Waals surface area contributed by atoms with Gasteiger partial charge in [-0.3, -0.25) is 14.3 Å². The van der Waals surface area contributed by atoms with Crippen molar-refractivity contribution in [1.82, 2.24) is 25.3 Å². The van der Waals surface area contributed by atoms with E-state index >= 15 is 0 Å². The Labute approximate surface area is 158 Å². The molecule has 2 unspecified atom stereocenters. The summed E-state index contributed by atoms with van der Waals surface area (Å²) in [4.78, 5) is 26.8. The third kappa shape index (κ3) is 3.47. The van der Waals surface area contributed by atoms with Crippen LogP contribution in [0.2, 0.25) is 0 Å². The Kier molecular flexibility index (Phi) is 4.70. The molecule has 7 nitrogen and oxygen atoms in total. The van der Waals surface area contributed by atoms with E-state index in [-0.39, 0.29) is 23.8 Å². The summed E-state index contributed by atoms with van der Waals surface area (Å²) < 4.78 is 1.70. The quantitative estimate of drug-likeness (QED) is 0.852. The molecular weight excluding hydrogens is 342 g/mol. The zero-order valence-corrected chi connectivity index (χ0v) is 15.7. The molecular formula is C20H25N5O2. The molecule has 0 radical (unpaired) electrons. The van der Waals surface area contributed by atoms with Crippen LogP contribution in [0, 0.1) is 5.92 Å². The van der Waals surface area contributed by atoms with Crippen LogP contribution in [0.25, 0.3) is 0 Å². The van der Waals surface area contributed by atoms with Crippen LogP contribution in [0.3, 0.4) is 0 Å². The van der Waals surface area contributed by atoms with E-state index < -0.39 is 0 Å². The maximum atomic E-state index is 13.0. The van der Waals surface area contributed by atoms with Gasteiger partial charge in [0.2, 0.25) is 11.8 Å². The minimum Gasteiger partial charge on any atom is -0.352 e. The van der Waals surface area contributed by atoms with Crippen LogP contribution < -0.4 is 10.6 Å². The second kappa shape index (κ2) is 7.15. The number of hydrogen-bond acceptors (Lipinski definition) is 4. The molecule has 0 saturated carbocycles. The SMILES string of the molecule is CN1C(=O)CCC(C(=O)NCc2ccc3c(c2)CNC3)C1c1cnn(C)c1. The molecule has 0 aliphatic carbocycles. The van der Waals surface area contributed by atoms with E-state index in [2.05, 4.69) is 33.9 Å². The highest BCUT2D eigenvalue weighted by atomic mass is 16.2. The summed E-state index contributed by atoms with van der Waals surface area (Å²) in [7, 11) is 3.61. The van der Waals surface area contributed by atoms with E-state index in [1.54, 1.807) is 22.8 Å². The largest absolute Gasteiger partial charge is 0.352 e. The van der Waals surface area contributed by atoms with Gasteiger partial charge in [-0.05, 0) is 23.1 Å². The highest BCUT2D eigenvalue weighted by Gasteiger charge is 2.39. The van der Waals surface area contributed by atoms with E-state index in [1.165, 1.54) is 11.1 Å². The standard InChI is InChI=1S/C20H25N5O2/c1-24-12-16(11-23-24)19-17(5-6-18(26)25(19)2)20(27)22-8-13-3-4-14-9-21-10-15(14)7-13/h3-4,7,11-12,17,19,21H,5-6,8-10H2,1-2H3,(H,22,27). The molecule has 1 fully saturated rings. The summed E-state index contributed by atoms with van der Waals surface area (Å²) in [6.07, 6.45) is 4.58. The molecule has 1 saturated heterocycles. The Balaban J connectivity index is 1.48. The molecule has 4 rings (SSSR count). The summed E-state index contributed by atoms with van der Waals surface area (Å²) in [6.45, 7) is 2.30. The van der Waals surface area contributed by atoms with Crippen molar-refractivity contribution < 1.29 is 9.59 Å². The van der Waals surface area contributed by atoms with E-state index in [0.717, 1.165) is 24.2 Å². The molecule has 2 aliphatic rings. The smallest absolute Gasteiger partial charge is 0.225 e. The molecule has 27 heavy (non-hydrogen) atoms. The Hall–Kier alpha value is -2.67. The van der Waals surface area contributed by atoms with Gasteiger partial charge in [-0.25, -0.2) is 0 Å². The zero-order chi connectivity index (χ0) is 19.0. The number of aryl methyl sites for hydroxylation is 1. The average molecular weight is 367 g/mol. The first-order valence-corrected chi connectivity index (χ1v) is 9.36. The number of rotatable bonds is 4. The maximum absolute atomic E-state index is 13.0. The van der Waals surface area contributed by atoms with Gasteiger partial charge in [-0.15, -0.1) is 0 Å². The normalized spacial score (nSPS) is 22.0. The van der Waals surface area contributed by atoms with Crippen LogP contribution in [-0.4, -0.2) is 33.5 Å². The molecule has 142 valence electrons. The first-order valence-electron chi connectivity index (χ1n) is 9.36. The highest BCUT2D eigenvalue weighted by Crippen LogP contribution is 2.35. The molecule has 2 atom stereocenters. The fourth-order valence-electron chi connectivity index (χ4n) is 4.14. The molecule has 1 aromatic carbocycles. The predicted molar refractivity (Wildman–Crippen MR) is 100 cm³/mol. The number of carbonyl (C=O) groups excluding carboxylic acids is 2. The number of fused-ring (bicyclic) bond motifs is 1. The topological polar surface area (TPSA) is 79.3 Å². The Morgan fingerprint density at radius 1 is 1.30 bits per heavy atom. The molecule has 2 N–H and O–H groups in total. The van der Waals surface area contributed by atoms with Gasteiger partial charge in [-0.2, -0.15) is 5.10 Å². The van der Waals surface area contributed by atoms with Crippen molar-refractivity contribution in [1.29, 1.82) is 0 Å². The van der Waals surface area contributed by atoms with Crippen molar-refractivity contribution >= 4 is 11.8 Å². The number of nitrogens with zero attached hydrogens (tertiary/aromatic N) is 3. The second-order valence-electron chi connectivity index (χ2n) is 7.47. The van der Waals surface area contributed by atoms with Gasteiger partial charge in [0.15, 0.2) is 0 Å². The molecule has 7 heteroatoms. The third-order valence-electron chi connectivity index (χ3n) is 5.63. The van der Waals surface area contributed by atoms with E-state index in [1.807, 2.05) is 13.2 Å². The first kappa shape index (κ1) is 17.7. The van der Waals surface area contributed by atoms with Crippen LogP contribution >= 0.6 is 0 Å². The number of benzene rings is 1. The van der Waals surface area contributed by atoms with Crippen molar-refractivity contribution in [2.75, 3.05) is 7.05 Å². The minimum absolute atomic E-state index is 0.0122. The van der Waals surface area contributed by atoms with Gasteiger partial charge < -0.3 is 15.5 Å². The van der Waals surface area contributed by atoms with Crippen molar-refractivity contribution in [3.8, 4) is 0 Å². The fraction of sp³-hybridized carbons (Fsp3) is 0.450. The van der Waals surface area contributed by atoms with Crippen LogP contribution in [0.1, 0.15) is 41.1 Å². The number of amides is 2. The number of likely N-dealkylation sites (tertiary alicyclic amines) is 1. The molecule has 2 amide bonds. The summed E-state index contributed by atoms with van der Waals surface area (Å²) in [5, 5.41) is 10.6. The molecule has 1 aromatic heterocycles. The molecule has 2 aromatic rings.